The van der Waals surface area contributed by atoms with Crippen molar-refractivity contribution in [3.63, 3.8) is 0 Å². The molecule has 1 fully saturated rings. The summed E-state index contributed by atoms with van der Waals surface area (Å²) in [7, 11) is -3.61. The lowest BCUT2D eigenvalue weighted by atomic mass is 9.95. The Morgan fingerprint density at radius 3 is 2.56 bits per heavy atom. The zero-order valence-corrected chi connectivity index (χ0v) is 17.1. The van der Waals surface area contributed by atoms with Crippen LogP contribution in [0.3, 0.4) is 0 Å². The van der Waals surface area contributed by atoms with Crippen molar-refractivity contribution in [3.8, 4) is 0 Å². The SMILES string of the molecule is CC(C)(C)CNC(=O)[C@@H]1CCCN(S(=O)(=O)c2ccc3ccccc3c2)C1. The monoisotopic (exact) mass is 388 g/mol. The number of fused-ring (bicyclic) bond motifs is 1. The molecule has 0 unspecified atom stereocenters. The lowest BCUT2D eigenvalue weighted by molar-refractivity contribution is -0.126. The first-order chi connectivity index (χ1) is 12.7. The molecule has 2 aromatic rings. The highest BCUT2D eigenvalue weighted by atomic mass is 32.2. The summed E-state index contributed by atoms with van der Waals surface area (Å²) >= 11 is 0. The third-order valence-corrected chi connectivity index (χ3v) is 6.77. The summed E-state index contributed by atoms with van der Waals surface area (Å²) in [5.74, 6) is -0.348. The number of hydrogen-bond acceptors (Lipinski definition) is 3. The average Bonchev–Trinajstić information content (AvgIpc) is 2.65. The Morgan fingerprint density at radius 2 is 1.85 bits per heavy atom. The van der Waals surface area contributed by atoms with Crippen LogP contribution in [-0.4, -0.2) is 38.3 Å². The van der Waals surface area contributed by atoms with Crippen molar-refractivity contribution in [1.82, 2.24) is 9.62 Å². The topological polar surface area (TPSA) is 66.5 Å². The first kappa shape index (κ1) is 19.8. The van der Waals surface area contributed by atoms with Gasteiger partial charge in [-0.25, -0.2) is 8.42 Å². The highest BCUT2D eigenvalue weighted by molar-refractivity contribution is 7.89. The van der Waals surface area contributed by atoms with Crippen LogP contribution in [0.25, 0.3) is 10.8 Å². The highest BCUT2D eigenvalue weighted by Gasteiger charge is 2.33. The second kappa shape index (κ2) is 7.60. The lowest BCUT2D eigenvalue weighted by Crippen LogP contribution is -2.46. The van der Waals surface area contributed by atoms with E-state index in [0.29, 0.717) is 19.5 Å². The zero-order valence-electron chi connectivity index (χ0n) is 16.2. The van der Waals surface area contributed by atoms with Crippen molar-refractivity contribution in [1.29, 1.82) is 0 Å². The van der Waals surface area contributed by atoms with E-state index < -0.39 is 10.0 Å². The van der Waals surface area contributed by atoms with Crippen LogP contribution >= 0.6 is 0 Å². The number of hydrogen-bond donors (Lipinski definition) is 1. The van der Waals surface area contributed by atoms with Crippen LogP contribution < -0.4 is 5.32 Å². The quantitative estimate of drug-likeness (QED) is 0.873. The van der Waals surface area contributed by atoms with E-state index in [0.717, 1.165) is 17.2 Å². The van der Waals surface area contributed by atoms with E-state index in [-0.39, 0.29) is 28.7 Å². The molecule has 5 nitrogen and oxygen atoms in total. The molecule has 1 aliphatic rings. The van der Waals surface area contributed by atoms with Crippen LogP contribution in [0.15, 0.2) is 47.4 Å². The number of rotatable bonds is 4. The lowest BCUT2D eigenvalue weighted by Gasteiger charge is -2.32. The van der Waals surface area contributed by atoms with Crippen molar-refractivity contribution in [2.45, 2.75) is 38.5 Å². The third-order valence-electron chi connectivity index (χ3n) is 4.91. The molecule has 6 heteroatoms. The molecule has 1 saturated heterocycles. The van der Waals surface area contributed by atoms with Gasteiger partial charge in [-0.2, -0.15) is 4.31 Å². The number of piperidine rings is 1. The zero-order chi connectivity index (χ0) is 19.7. The van der Waals surface area contributed by atoms with E-state index in [1.54, 1.807) is 12.1 Å². The summed E-state index contributed by atoms with van der Waals surface area (Å²) < 4.78 is 27.7. The first-order valence-corrected chi connectivity index (χ1v) is 10.9. The molecule has 27 heavy (non-hydrogen) atoms. The van der Waals surface area contributed by atoms with E-state index >= 15 is 0 Å². The van der Waals surface area contributed by atoms with Crippen molar-refractivity contribution in [3.05, 3.63) is 42.5 Å². The molecule has 1 amide bonds. The van der Waals surface area contributed by atoms with Gasteiger partial charge >= 0.3 is 0 Å². The summed E-state index contributed by atoms with van der Waals surface area (Å²) in [6, 6.07) is 12.9. The Hall–Kier alpha value is -1.92. The van der Waals surface area contributed by atoms with Crippen molar-refractivity contribution in [2.75, 3.05) is 19.6 Å². The smallest absolute Gasteiger partial charge is 0.243 e. The molecule has 1 N–H and O–H groups in total. The van der Waals surface area contributed by atoms with Crippen LogP contribution in [0.4, 0.5) is 0 Å². The van der Waals surface area contributed by atoms with Gasteiger partial charge in [0.15, 0.2) is 0 Å². The fourth-order valence-corrected chi connectivity index (χ4v) is 4.91. The molecule has 0 saturated carbocycles. The minimum atomic E-state index is -3.61. The van der Waals surface area contributed by atoms with Gasteiger partial charge < -0.3 is 5.32 Å². The van der Waals surface area contributed by atoms with Crippen molar-refractivity contribution < 1.29 is 13.2 Å². The Labute approximate surface area is 161 Å². The molecule has 146 valence electrons. The minimum Gasteiger partial charge on any atom is -0.355 e. The summed E-state index contributed by atoms with van der Waals surface area (Å²) in [5, 5.41) is 4.87. The number of sulfonamides is 1. The molecule has 3 rings (SSSR count). The van der Waals surface area contributed by atoms with Crippen molar-refractivity contribution >= 4 is 26.7 Å². The predicted molar refractivity (Wildman–Crippen MR) is 108 cm³/mol. The predicted octanol–water partition coefficient (Wildman–Crippen LogP) is 3.40. The molecule has 2 aromatic carbocycles. The normalized spacial score (nSPS) is 19.1. The average molecular weight is 389 g/mol. The highest BCUT2D eigenvalue weighted by Crippen LogP contribution is 2.26. The Bertz CT molecular complexity index is 932. The second-order valence-electron chi connectivity index (χ2n) is 8.49. The maximum atomic E-state index is 13.1. The fraction of sp³-hybridized carbons (Fsp3) is 0.476. The molecule has 0 aromatic heterocycles. The third kappa shape index (κ3) is 4.68. The van der Waals surface area contributed by atoms with Gasteiger partial charge in [0.1, 0.15) is 0 Å². The molecule has 0 bridgehead atoms. The van der Waals surface area contributed by atoms with Gasteiger partial charge in [-0.3, -0.25) is 4.79 Å². The van der Waals surface area contributed by atoms with Crippen LogP contribution in [0.2, 0.25) is 0 Å². The Morgan fingerprint density at radius 1 is 1.15 bits per heavy atom. The number of amides is 1. The molecular weight excluding hydrogens is 360 g/mol. The summed E-state index contributed by atoms with van der Waals surface area (Å²) in [6.45, 7) is 7.46. The number of carbonyl (C=O) groups is 1. The Balaban J connectivity index is 1.76. The molecule has 0 aliphatic carbocycles. The second-order valence-corrected chi connectivity index (χ2v) is 10.4. The molecule has 0 radical (unpaired) electrons. The van der Waals surface area contributed by atoms with E-state index in [2.05, 4.69) is 26.1 Å². The standard InChI is InChI=1S/C21H28N2O3S/c1-21(2,3)15-22-20(24)18-9-6-12-23(14-18)27(25,26)19-11-10-16-7-4-5-8-17(16)13-19/h4-5,7-8,10-11,13,18H,6,9,12,14-15H2,1-3H3,(H,22,24)/t18-/m1/s1. The number of nitrogens with one attached hydrogen (secondary N) is 1. The maximum Gasteiger partial charge on any atom is 0.243 e. The van der Waals surface area contributed by atoms with Crippen LogP contribution in [0.1, 0.15) is 33.6 Å². The fourth-order valence-electron chi connectivity index (χ4n) is 3.35. The van der Waals surface area contributed by atoms with Gasteiger partial charge in [-0.15, -0.1) is 0 Å². The van der Waals surface area contributed by atoms with Gasteiger partial charge in [-0.1, -0.05) is 51.1 Å². The summed E-state index contributed by atoms with van der Waals surface area (Å²) in [5.41, 5.74) is 0.00118. The van der Waals surface area contributed by atoms with Gasteiger partial charge in [0.2, 0.25) is 15.9 Å². The molecule has 1 aliphatic heterocycles. The van der Waals surface area contributed by atoms with Gasteiger partial charge in [-0.05, 0) is 41.2 Å². The maximum absolute atomic E-state index is 13.1. The van der Waals surface area contributed by atoms with E-state index in [1.165, 1.54) is 4.31 Å². The largest absolute Gasteiger partial charge is 0.355 e. The van der Waals surface area contributed by atoms with Gasteiger partial charge in [0, 0.05) is 19.6 Å². The van der Waals surface area contributed by atoms with Gasteiger partial charge in [0.25, 0.3) is 0 Å². The number of benzene rings is 2. The molecular formula is C21H28N2O3S. The van der Waals surface area contributed by atoms with Crippen LogP contribution in [0.5, 0.6) is 0 Å². The van der Waals surface area contributed by atoms with Gasteiger partial charge in [0.05, 0.1) is 10.8 Å². The van der Waals surface area contributed by atoms with E-state index in [1.807, 2.05) is 30.3 Å². The number of nitrogens with zero attached hydrogens (tertiary/aromatic N) is 1. The molecule has 0 spiro atoms. The van der Waals surface area contributed by atoms with Crippen LogP contribution in [-0.2, 0) is 14.8 Å². The minimum absolute atomic E-state index is 0.00118. The number of carbonyl (C=O) groups excluding carboxylic acids is 1. The summed E-state index contributed by atoms with van der Waals surface area (Å²) in [4.78, 5) is 12.8. The first-order valence-electron chi connectivity index (χ1n) is 9.43. The summed E-state index contributed by atoms with van der Waals surface area (Å²) in [6.07, 6.45) is 1.42. The van der Waals surface area contributed by atoms with Crippen molar-refractivity contribution in [2.24, 2.45) is 11.3 Å². The molecule has 1 heterocycles. The van der Waals surface area contributed by atoms with E-state index in [9.17, 15) is 13.2 Å². The van der Waals surface area contributed by atoms with E-state index in [4.69, 9.17) is 0 Å². The molecule has 1 atom stereocenters. The Kier molecular flexibility index (Phi) is 5.58. The van der Waals surface area contributed by atoms with Crippen LogP contribution in [0, 0.1) is 11.3 Å².